The highest BCUT2D eigenvalue weighted by molar-refractivity contribution is 7.89. The molecule has 1 unspecified atom stereocenters. The lowest BCUT2D eigenvalue weighted by molar-refractivity contribution is -0.122. The Hall–Kier alpha value is -4.51. The molecule has 4 aromatic rings. The Kier molecular flexibility index (Phi) is 9.74. The highest BCUT2D eigenvalue weighted by Gasteiger charge is 2.34. The summed E-state index contributed by atoms with van der Waals surface area (Å²) in [6.07, 6.45) is 0. The van der Waals surface area contributed by atoms with E-state index in [0.29, 0.717) is 30.2 Å². The van der Waals surface area contributed by atoms with E-state index in [1.165, 1.54) is 33.5 Å². The van der Waals surface area contributed by atoms with E-state index in [1.54, 1.807) is 31.4 Å². The molecule has 228 valence electrons. The lowest BCUT2D eigenvalue weighted by atomic mass is 10.00. The number of aryl methyl sites for hydroxylation is 1. The second-order valence-corrected chi connectivity index (χ2v) is 12.4. The fourth-order valence-electron chi connectivity index (χ4n) is 5.01. The summed E-state index contributed by atoms with van der Waals surface area (Å²) >= 11 is 0. The van der Waals surface area contributed by atoms with Crippen molar-refractivity contribution in [3.63, 3.8) is 0 Å². The third kappa shape index (κ3) is 6.99. The number of nitrogens with one attached hydrogen (secondary N) is 1. The number of amides is 2. The van der Waals surface area contributed by atoms with Gasteiger partial charge in [-0.15, -0.1) is 0 Å². The molecule has 0 aromatic heterocycles. The summed E-state index contributed by atoms with van der Waals surface area (Å²) in [6.45, 7) is 3.42. The first-order chi connectivity index (χ1) is 21.3. The van der Waals surface area contributed by atoms with Gasteiger partial charge in [-0.2, -0.15) is 4.31 Å². The molecule has 9 nitrogen and oxygen atoms in total. The van der Waals surface area contributed by atoms with Crippen LogP contribution in [0.1, 0.15) is 33.1 Å². The Morgan fingerprint density at radius 3 is 2.14 bits per heavy atom. The van der Waals surface area contributed by atoms with Gasteiger partial charge in [-0.05, 0) is 66.6 Å². The maximum absolute atomic E-state index is 14.3. The van der Waals surface area contributed by atoms with E-state index in [1.807, 2.05) is 61.5 Å². The fraction of sp³-hybridized carbons (Fsp3) is 0.235. The van der Waals surface area contributed by atoms with Gasteiger partial charge >= 0.3 is 0 Å². The Morgan fingerprint density at radius 1 is 0.886 bits per heavy atom. The zero-order chi connectivity index (χ0) is 31.1. The van der Waals surface area contributed by atoms with Crippen LogP contribution in [0.4, 0.5) is 5.69 Å². The van der Waals surface area contributed by atoms with E-state index in [9.17, 15) is 18.0 Å². The normalized spacial score (nSPS) is 14.4. The van der Waals surface area contributed by atoms with Gasteiger partial charge in [0.15, 0.2) is 0 Å². The first-order valence-electron chi connectivity index (χ1n) is 14.3. The van der Waals surface area contributed by atoms with Crippen molar-refractivity contribution in [3.05, 3.63) is 125 Å². The first kappa shape index (κ1) is 30.9. The van der Waals surface area contributed by atoms with E-state index in [2.05, 4.69) is 5.32 Å². The maximum Gasteiger partial charge on any atom is 0.259 e. The molecular weight excluding hydrogens is 578 g/mol. The monoisotopic (exact) mass is 613 g/mol. The third-order valence-corrected chi connectivity index (χ3v) is 9.40. The number of benzene rings is 4. The molecule has 1 fully saturated rings. The van der Waals surface area contributed by atoms with E-state index in [4.69, 9.17) is 9.47 Å². The number of nitrogens with zero attached hydrogens (tertiary/aromatic N) is 2. The number of rotatable bonds is 10. The molecule has 0 saturated carbocycles. The standard InChI is InChI=1S/C34H35N3O6S/c1-25-8-12-27(13-9-25)32(33(38)35-24-26-10-16-30(42-2)17-11-26)37(29-6-4-3-5-7-29)34(39)28-14-18-31(19-15-28)44(40,41)36-20-22-43-23-21-36/h3-19,32H,20-24H2,1-2H3,(H,35,38). The minimum atomic E-state index is -3.74. The van der Waals surface area contributed by atoms with Crippen LogP contribution in [0.5, 0.6) is 5.75 Å². The zero-order valence-corrected chi connectivity index (χ0v) is 25.5. The predicted molar refractivity (Wildman–Crippen MR) is 168 cm³/mol. The van der Waals surface area contributed by atoms with Gasteiger partial charge in [0.25, 0.3) is 5.91 Å². The molecule has 0 radical (unpaired) electrons. The van der Waals surface area contributed by atoms with Gasteiger partial charge in [0.2, 0.25) is 15.9 Å². The molecule has 1 N–H and O–H groups in total. The van der Waals surface area contributed by atoms with Gasteiger partial charge in [0.05, 0.1) is 25.2 Å². The van der Waals surface area contributed by atoms with Gasteiger partial charge in [-0.3, -0.25) is 14.5 Å². The zero-order valence-electron chi connectivity index (χ0n) is 24.7. The van der Waals surface area contributed by atoms with Crippen LogP contribution in [-0.4, -0.2) is 58.0 Å². The molecule has 10 heteroatoms. The number of sulfonamides is 1. The summed E-state index contributed by atoms with van der Waals surface area (Å²) in [5.41, 5.74) is 3.28. The molecule has 1 saturated heterocycles. The molecule has 1 heterocycles. The summed E-state index contributed by atoms with van der Waals surface area (Å²) in [6, 6.07) is 28.7. The van der Waals surface area contributed by atoms with Gasteiger partial charge in [-0.25, -0.2) is 8.42 Å². The molecule has 1 atom stereocenters. The molecule has 4 aromatic carbocycles. The molecule has 0 aliphatic carbocycles. The lowest BCUT2D eigenvalue weighted by Gasteiger charge is -2.32. The van der Waals surface area contributed by atoms with Crippen molar-refractivity contribution in [2.45, 2.75) is 24.4 Å². The number of carbonyl (C=O) groups excluding carboxylic acids is 2. The molecule has 44 heavy (non-hydrogen) atoms. The Bertz CT molecular complexity index is 1670. The topological polar surface area (TPSA) is 105 Å². The minimum Gasteiger partial charge on any atom is -0.497 e. The number of methoxy groups -OCH3 is 1. The van der Waals surface area contributed by atoms with Crippen LogP contribution in [0.3, 0.4) is 0 Å². The van der Waals surface area contributed by atoms with Crippen molar-refractivity contribution in [1.29, 1.82) is 0 Å². The van der Waals surface area contributed by atoms with Crippen molar-refractivity contribution in [1.82, 2.24) is 9.62 Å². The van der Waals surface area contributed by atoms with Crippen molar-refractivity contribution in [2.75, 3.05) is 38.3 Å². The number of ether oxygens (including phenoxy) is 2. The van der Waals surface area contributed by atoms with E-state index in [0.717, 1.165) is 11.1 Å². The molecule has 5 rings (SSSR count). The van der Waals surface area contributed by atoms with Gasteiger partial charge < -0.3 is 14.8 Å². The van der Waals surface area contributed by atoms with E-state index >= 15 is 0 Å². The van der Waals surface area contributed by atoms with Crippen LogP contribution in [-0.2, 0) is 26.1 Å². The summed E-state index contributed by atoms with van der Waals surface area (Å²) < 4.78 is 38.3. The number of hydrogen-bond acceptors (Lipinski definition) is 6. The van der Waals surface area contributed by atoms with Crippen molar-refractivity contribution in [2.24, 2.45) is 0 Å². The number of morpholine rings is 1. The fourth-order valence-corrected chi connectivity index (χ4v) is 6.42. The summed E-state index contributed by atoms with van der Waals surface area (Å²) in [5.74, 6) is -0.104. The van der Waals surface area contributed by atoms with Crippen molar-refractivity contribution < 1.29 is 27.5 Å². The number of para-hydroxylation sites is 1. The van der Waals surface area contributed by atoms with Gasteiger partial charge in [0.1, 0.15) is 11.8 Å². The van der Waals surface area contributed by atoms with Gasteiger partial charge in [-0.1, -0.05) is 60.2 Å². The average Bonchev–Trinajstić information content (AvgIpc) is 3.07. The Labute approximate surface area is 258 Å². The van der Waals surface area contributed by atoms with Crippen LogP contribution in [0.25, 0.3) is 0 Å². The van der Waals surface area contributed by atoms with Gasteiger partial charge in [0, 0.05) is 30.9 Å². The smallest absolute Gasteiger partial charge is 0.259 e. The Balaban J connectivity index is 1.49. The minimum absolute atomic E-state index is 0.0922. The van der Waals surface area contributed by atoms with E-state index < -0.39 is 22.0 Å². The largest absolute Gasteiger partial charge is 0.497 e. The third-order valence-electron chi connectivity index (χ3n) is 7.49. The van der Waals surface area contributed by atoms with Crippen LogP contribution >= 0.6 is 0 Å². The molecular formula is C34H35N3O6S. The SMILES string of the molecule is COc1ccc(CNC(=O)C(c2ccc(C)cc2)N(C(=O)c2ccc(S(=O)(=O)N3CCOCC3)cc2)c2ccccc2)cc1. The summed E-state index contributed by atoms with van der Waals surface area (Å²) in [7, 11) is -2.14. The second-order valence-electron chi connectivity index (χ2n) is 10.4. The summed E-state index contributed by atoms with van der Waals surface area (Å²) in [5, 5.41) is 3.00. The number of carbonyl (C=O) groups is 2. The van der Waals surface area contributed by atoms with Crippen molar-refractivity contribution >= 4 is 27.5 Å². The lowest BCUT2D eigenvalue weighted by Crippen LogP contribution is -2.44. The number of hydrogen-bond donors (Lipinski definition) is 1. The van der Waals surface area contributed by atoms with Crippen LogP contribution in [0.2, 0.25) is 0 Å². The Morgan fingerprint density at radius 2 is 1.52 bits per heavy atom. The average molecular weight is 614 g/mol. The number of anilines is 1. The second kappa shape index (κ2) is 13.9. The molecule has 2 amide bonds. The highest BCUT2D eigenvalue weighted by atomic mass is 32.2. The van der Waals surface area contributed by atoms with Crippen molar-refractivity contribution in [3.8, 4) is 5.75 Å². The van der Waals surface area contributed by atoms with Crippen LogP contribution in [0, 0.1) is 6.92 Å². The quantitative estimate of drug-likeness (QED) is 0.277. The molecule has 1 aliphatic heterocycles. The molecule has 0 bridgehead atoms. The maximum atomic E-state index is 14.3. The highest BCUT2D eigenvalue weighted by Crippen LogP contribution is 2.31. The predicted octanol–water partition coefficient (Wildman–Crippen LogP) is 4.73. The molecule has 1 aliphatic rings. The van der Waals surface area contributed by atoms with Crippen LogP contribution < -0.4 is 15.0 Å². The summed E-state index contributed by atoms with van der Waals surface area (Å²) in [4.78, 5) is 29.9. The van der Waals surface area contributed by atoms with E-state index in [-0.39, 0.29) is 36.0 Å². The molecule has 0 spiro atoms. The first-order valence-corrected chi connectivity index (χ1v) is 15.8. The van der Waals surface area contributed by atoms with Crippen LogP contribution in [0.15, 0.2) is 108 Å².